The standard InChI is InChI=1S/C34H35BNO2/c1-21-15-18-28-30(29(21)26-17-16-24(20-36(26)7)19-34(4,5)6)32-33(38-28)35(25-13-8-9-14-27(25)37-32)31-22(2)11-10-12-23(31)3/h8-18,20H,19H2,1-7H3/q+1. The molecule has 5 aromatic rings. The minimum absolute atomic E-state index is 0.0281. The van der Waals surface area contributed by atoms with Gasteiger partial charge in [0.1, 0.15) is 24.0 Å². The summed E-state index contributed by atoms with van der Waals surface area (Å²) in [6.45, 7) is 13.4. The molecule has 0 radical (unpaired) electrons. The molecule has 0 spiro atoms. The topological polar surface area (TPSA) is 26.2 Å². The molecule has 6 rings (SSSR count). The Labute approximate surface area is 226 Å². The van der Waals surface area contributed by atoms with Crippen molar-refractivity contribution in [2.24, 2.45) is 12.5 Å². The Morgan fingerprint density at radius 1 is 0.816 bits per heavy atom. The van der Waals surface area contributed by atoms with Crippen molar-refractivity contribution < 1.29 is 13.7 Å². The van der Waals surface area contributed by atoms with E-state index in [1.54, 1.807) is 0 Å². The number of hydrogen-bond donors (Lipinski definition) is 0. The van der Waals surface area contributed by atoms with Gasteiger partial charge in [0.15, 0.2) is 11.9 Å². The summed E-state index contributed by atoms with van der Waals surface area (Å²) in [6, 6.07) is 23.7. The Morgan fingerprint density at radius 3 is 2.26 bits per heavy atom. The number of benzene rings is 3. The molecule has 0 atom stereocenters. The summed E-state index contributed by atoms with van der Waals surface area (Å²) in [7, 11) is 2.14. The van der Waals surface area contributed by atoms with Crippen LogP contribution in [0.25, 0.3) is 22.2 Å². The molecule has 0 amide bonds. The van der Waals surface area contributed by atoms with Crippen LogP contribution < -0.4 is 25.9 Å². The van der Waals surface area contributed by atoms with Crippen molar-refractivity contribution in [2.45, 2.75) is 48.0 Å². The Hall–Kier alpha value is -3.79. The van der Waals surface area contributed by atoms with E-state index < -0.39 is 0 Å². The highest BCUT2D eigenvalue weighted by Crippen LogP contribution is 2.41. The van der Waals surface area contributed by atoms with Crippen LogP contribution in [0.15, 0.2) is 77.3 Å². The highest BCUT2D eigenvalue weighted by Gasteiger charge is 2.40. The van der Waals surface area contributed by atoms with Crippen LogP contribution in [0.5, 0.6) is 11.5 Å². The molecule has 190 valence electrons. The number of rotatable bonds is 3. The zero-order valence-electron chi connectivity index (χ0n) is 23.5. The third-order valence-electron chi connectivity index (χ3n) is 7.77. The molecular formula is C34H35BNO2+. The molecule has 1 aliphatic rings. The molecule has 0 saturated carbocycles. The van der Waals surface area contributed by atoms with E-state index in [1.807, 2.05) is 6.07 Å². The van der Waals surface area contributed by atoms with Gasteiger partial charge >= 0.3 is 0 Å². The van der Waals surface area contributed by atoms with Crippen molar-refractivity contribution >= 4 is 34.3 Å². The molecule has 1 aliphatic heterocycles. The molecule has 38 heavy (non-hydrogen) atoms. The number of fused-ring (bicyclic) bond motifs is 4. The van der Waals surface area contributed by atoms with E-state index in [9.17, 15) is 0 Å². The maximum atomic E-state index is 6.74. The molecule has 2 aromatic heterocycles. The predicted molar refractivity (Wildman–Crippen MR) is 158 cm³/mol. The smallest absolute Gasteiger partial charge is 0.297 e. The number of nitrogens with zero attached hydrogens (tertiary/aromatic N) is 1. The zero-order chi connectivity index (χ0) is 26.8. The van der Waals surface area contributed by atoms with E-state index >= 15 is 0 Å². The Bertz CT molecular complexity index is 1690. The maximum absolute atomic E-state index is 6.74. The largest absolute Gasteiger partial charge is 0.466 e. The number of ether oxygens (including phenoxy) is 1. The van der Waals surface area contributed by atoms with Gasteiger partial charge in [-0.1, -0.05) is 79.8 Å². The van der Waals surface area contributed by atoms with Gasteiger partial charge in [-0.25, -0.2) is 4.57 Å². The lowest BCUT2D eigenvalue weighted by Gasteiger charge is -2.25. The fourth-order valence-electron chi connectivity index (χ4n) is 6.18. The quantitative estimate of drug-likeness (QED) is 0.218. The van der Waals surface area contributed by atoms with Crippen LogP contribution >= 0.6 is 0 Å². The number of hydrogen-bond acceptors (Lipinski definition) is 2. The molecule has 0 bridgehead atoms. The highest BCUT2D eigenvalue weighted by atomic mass is 16.5. The minimum atomic E-state index is -0.0281. The first kappa shape index (κ1) is 24.5. The van der Waals surface area contributed by atoms with E-state index in [4.69, 9.17) is 9.15 Å². The van der Waals surface area contributed by atoms with Crippen molar-refractivity contribution in [1.82, 2.24) is 0 Å². The van der Waals surface area contributed by atoms with Crippen LogP contribution in [-0.4, -0.2) is 6.71 Å². The van der Waals surface area contributed by atoms with Crippen LogP contribution in [-0.2, 0) is 13.5 Å². The van der Waals surface area contributed by atoms with Gasteiger partial charge in [-0.3, -0.25) is 0 Å². The Morgan fingerprint density at radius 2 is 1.55 bits per heavy atom. The summed E-state index contributed by atoms with van der Waals surface area (Å²) in [5.41, 5.74) is 11.8. The zero-order valence-corrected chi connectivity index (χ0v) is 23.5. The molecule has 0 aliphatic carbocycles. The number of pyridine rings is 1. The van der Waals surface area contributed by atoms with Gasteiger partial charge in [-0.15, -0.1) is 0 Å². The van der Waals surface area contributed by atoms with Gasteiger partial charge in [0.25, 0.3) is 6.71 Å². The highest BCUT2D eigenvalue weighted by molar-refractivity contribution is 6.96. The Balaban J connectivity index is 1.61. The second-order valence-electron chi connectivity index (χ2n) is 12.1. The lowest BCUT2D eigenvalue weighted by atomic mass is 9.36. The molecule has 4 heteroatoms. The molecule has 0 fully saturated rings. The number of furan rings is 1. The van der Waals surface area contributed by atoms with E-state index in [-0.39, 0.29) is 12.1 Å². The normalized spacial score (nSPS) is 12.9. The fourth-order valence-corrected chi connectivity index (χ4v) is 6.18. The molecule has 0 N–H and O–H groups in total. The average molecular weight is 500 g/mol. The third-order valence-corrected chi connectivity index (χ3v) is 7.77. The first-order valence-electron chi connectivity index (χ1n) is 13.5. The second-order valence-corrected chi connectivity index (χ2v) is 12.1. The van der Waals surface area contributed by atoms with Crippen molar-refractivity contribution in [2.75, 3.05) is 0 Å². The second kappa shape index (κ2) is 8.91. The first-order chi connectivity index (χ1) is 18.1. The van der Waals surface area contributed by atoms with Crippen LogP contribution in [0.2, 0.25) is 0 Å². The molecule has 0 unspecified atom stereocenters. The summed E-state index contributed by atoms with van der Waals surface area (Å²) in [6.07, 6.45) is 3.30. The summed E-state index contributed by atoms with van der Waals surface area (Å²) in [5, 5.41) is 1.05. The van der Waals surface area contributed by atoms with Crippen molar-refractivity contribution in [3.63, 3.8) is 0 Å². The summed E-state index contributed by atoms with van der Waals surface area (Å²) >= 11 is 0. The van der Waals surface area contributed by atoms with E-state index in [2.05, 4.69) is 120 Å². The van der Waals surface area contributed by atoms with Crippen molar-refractivity contribution in [1.29, 1.82) is 0 Å². The SMILES string of the molecule is Cc1cccc(C)c1B1c2ccccc2Oc2c1oc1ccc(C)c(-c3ccc(CC(C)(C)C)c[n+]3C)c21. The summed E-state index contributed by atoms with van der Waals surface area (Å²) in [4.78, 5) is 0. The van der Waals surface area contributed by atoms with Crippen LogP contribution in [0, 0.1) is 26.2 Å². The minimum Gasteiger partial charge on any atom is -0.466 e. The van der Waals surface area contributed by atoms with Crippen LogP contribution in [0.4, 0.5) is 0 Å². The Kier molecular flexibility index (Phi) is 5.75. The average Bonchev–Trinajstić information content (AvgIpc) is 3.21. The number of aromatic nitrogens is 1. The van der Waals surface area contributed by atoms with Gasteiger partial charge < -0.3 is 9.15 Å². The van der Waals surface area contributed by atoms with Gasteiger partial charge in [0, 0.05) is 11.6 Å². The monoisotopic (exact) mass is 500 g/mol. The van der Waals surface area contributed by atoms with Crippen molar-refractivity contribution in [3.05, 3.63) is 95.2 Å². The van der Waals surface area contributed by atoms with Gasteiger partial charge in [-0.05, 0) is 61.8 Å². The molecular weight excluding hydrogens is 465 g/mol. The fraction of sp³-hybridized carbons (Fsp3) is 0.265. The summed E-state index contributed by atoms with van der Waals surface area (Å²) < 4.78 is 15.7. The maximum Gasteiger partial charge on any atom is 0.297 e. The van der Waals surface area contributed by atoms with E-state index in [0.29, 0.717) is 0 Å². The number of aryl methyl sites for hydroxylation is 4. The molecule has 3 aromatic carbocycles. The van der Waals surface area contributed by atoms with Gasteiger partial charge in [-0.2, -0.15) is 0 Å². The lowest BCUT2D eigenvalue weighted by molar-refractivity contribution is -0.660. The molecule has 0 saturated heterocycles. The first-order valence-corrected chi connectivity index (χ1v) is 13.5. The van der Waals surface area contributed by atoms with E-state index in [0.717, 1.165) is 51.3 Å². The van der Waals surface area contributed by atoms with Gasteiger partial charge in [0.05, 0.1) is 10.9 Å². The van der Waals surface area contributed by atoms with Gasteiger partial charge in [0.2, 0.25) is 5.69 Å². The van der Waals surface area contributed by atoms with Crippen LogP contribution in [0.3, 0.4) is 0 Å². The predicted octanol–water partition coefficient (Wildman–Crippen LogP) is 6.06. The van der Waals surface area contributed by atoms with E-state index in [1.165, 1.54) is 27.7 Å². The molecule has 3 heterocycles. The lowest BCUT2D eigenvalue weighted by Crippen LogP contribution is -2.56. The van der Waals surface area contributed by atoms with Crippen LogP contribution in [0.1, 0.15) is 43.0 Å². The summed E-state index contributed by atoms with van der Waals surface area (Å²) in [5.74, 6) is 1.73. The number of para-hydroxylation sites is 1. The molecule has 3 nitrogen and oxygen atoms in total. The van der Waals surface area contributed by atoms with Crippen molar-refractivity contribution in [3.8, 4) is 22.8 Å². The third kappa shape index (κ3) is 4.03.